The van der Waals surface area contributed by atoms with Crippen LogP contribution in [0.5, 0.6) is 0 Å². The van der Waals surface area contributed by atoms with E-state index < -0.39 is 0 Å². The SMILES string of the molecule is Cc1cccc(-c2ccc3c(c2)c2cc4c5cc6c7cc(-c8cccc(C)c8C)ccc7c7ccc(C)c(c5ccc4c4c(C)ccc3c24)c76)c1C. The van der Waals surface area contributed by atoms with Gasteiger partial charge in [0.15, 0.2) is 0 Å². The van der Waals surface area contributed by atoms with Gasteiger partial charge in [-0.05, 0) is 208 Å². The second-order valence-electron chi connectivity index (χ2n) is 15.5. The van der Waals surface area contributed by atoms with Crippen molar-refractivity contribution in [3.05, 3.63) is 155 Å². The van der Waals surface area contributed by atoms with Crippen LogP contribution in [0, 0.1) is 41.5 Å². The maximum absolute atomic E-state index is 2.53. The lowest BCUT2D eigenvalue weighted by Gasteiger charge is -2.14. The molecule has 11 aromatic carbocycles. The van der Waals surface area contributed by atoms with E-state index in [4.69, 9.17) is 0 Å². The molecule has 0 amide bonds. The third-order valence-electron chi connectivity index (χ3n) is 12.8. The predicted molar refractivity (Wildman–Crippen MR) is 228 cm³/mol. The Labute approximate surface area is 303 Å². The molecule has 0 unspecified atom stereocenters. The molecule has 246 valence electrons. The minimum atomic E-state index is 1.29. The summed E-state index contributed by atoms with van der Waals surface area (Å²) < 4.78 is 0. The van der Waals surface area contributed by atoms with Crippen LogP contribution in [0.1, 0.15) is 33.4 Å². The molecular formula is C52H38. The normalized spacial score (nSPS) is 12.4. The average Bonchev–Trinajstić information content (AvgIpc) is 3.64. The topological polar surface area (TPSA) is 0 Å². The molecule has 0 aromatic heterocycles. The Kier molecular flexibility index (Phi) is 5.89. The van der Waals surface area contributed by atoms with Crippen LogP contribution in [0.15, 0.2) is 121 Å². The van der Waals surface area contributed by atoms with Gasteiger partial charge in [-0.3, -0.25) is 0 Å². The molecule has 11 aromatic rings. The molecule has 0 saturated carbocycles. The van der Waals surface area contributed by atoms with Crippen molar-refractivity contribution < 1.29 is 0 Å². The van der Waals surface area contributed by atoms with Crippen LogP contribution in [0.25, 0.3) is 108 Å². The van der Waals surface area contributed by atoms with Gasteiger partial charge < -0.3 is 0 Å². The second-order valence-corrected chi connectivity index (χ2v) is 15.5. The Bertz CT molecular complexity index is 3110. The highest BCUT2D eigenvalue weighted by Gasteiger charge is 2.21. The molecule has 0 aliphatic rings. The molecule has 0 saturated heterocycles. The van der Waals surface area contributed by atoms with E-state index in [1.165, 1.54) is 142 Å². The first-order valence-corrected chi connectivity index (χ1v) is 18.6. The fourth-order valence-corrected chi connectivity index (χ4v) is 9.82. The predicted octanol–water partition coefficient (Wildman–Crippen LogP) is 15.0. The fourth-order valence-electron chi connectivity index (χ4n) is 9.82. The van der Waals surface area contributed by atoms with Gasteiger partial charge in [0.25, 0.3) is 0 Å². The summed E-state index contributed by atoms with van der Waals surface area (Å²) in [5.41, 5.74) is 13.2. The maximum atomic E-state index is 2.53. The first-order chi connectivity index (χ1) is 25.3. The highest BCUT2D eigenvalue weighted by Crippen LogP contribution is 2.49. The Morgan fingerprint density at radius 3 is 1.06 bits per heavy atom. The molecular weight excluding hydrogens is 625 g/mol. The minimum Gasteiger partial charge on any atom is -0.0614 e. The van der Waals surface area contributed by atoms with Gasteiger partial charge in [0, 0.05) is 0 Å². The number of aryl methyl sites for hydroxylation is 4. The summed E-state index contributed by atoms with van der Waals surface area (Å²) >= 11 is 0. The van der Waals surface area contributed by atoms with Crippen LogP contribution in [-0.4, -0.2) is 0 Å². The van der Waals surface area contributed by atoms with Gasteiger partial charge in [-0.25, -0.2) is 0 Å². The van der Waals surface area contributed by atoms with Gasteiger partial charge in [-0.15, -0.1) is 0 Å². The molecule has 0 bridgehead atoms. The fraction of sp³-hybridized carbons (Fsp3) is 0.115. The Hall–Kier alpha value is -5.98. The molecule has 0 nitrogen and oxygen atoms in total. The van der Waals surface area contributed by atoms with E-state index in [9.17, 15) is 0 Å². The molecule has 11 rings (SSSR count). The lowest BCUT2D eigenvalue weighted by molar-refractivity contribution is 1.34. The molecule has 0 spiro atoms. The second kappa shape index (κ2) is 10.3. The maximum Gasteiger partial charge on any atom is -0.00172 e. The minimum absolute atomic E-state index is 1.29. The molecule has 0 aliphatic carbocycles. The van der Waals surface area contributed by atoms with Crippen molar-refractivity contribution in [2.75, 3.05) is 0 Å². The van der Waals surface area contributed by atoms with Crippen LogP contribution < -0.4 is 0 Å². The molecule has 0 fully saturated rings. The van der Waals surface area contributed by atoms with Crippen molar-refractivity contribution in [2.24, 2.45) is 0 Å². The van der Waals surface area contributed by atoms with Gasteiger partial charge in [-0.2, -0.15) is 0 Å². The van der Waals surface area contributed by atoms with Crippen molar-refractivity contribution >= 4 is 86.2 Å². The first-order valence-electron chi connectivity index (χ1n) is 18.6. The molecule has 0 heterocycles. The first kappa shape index (κ1) is 29.7. The van der Waals surface area contributed by atoms with Crippen LogP contribution in [0.2, 0.25) is 0 Å². The summed E-state index contributed by atoms with van der Waals surface area (Å²) in [4.78, 5) is 0. The molecule has 0 N–H and O–H groups in total. The summed E-state index contributed by atoms with van der Waals surface area (Å²) in [7, 11) is 0. The van der Waals surface area contributed by atoms with Crippen molar-refractivity contribution in [3.8, 4) is 22.3 Å². The number of benzene rings is 9. The molecule has 52 heavy (non-hydrogen) atoms. The standard InChI is InChI=1S/C52H38/c1-27-9-7-11-35(31(27)5)33-15-19-37-39-17-13-29(3)49-41-21-22-42-46(45(41)25-47(51(39)49)43(37)23-33)26-48-44-24-34(36-12-8-10-28(2)32(36)6)16-20-38(44)40-18-14-30(4)50(42)52(40)48/h7-26H,1-6H3. The van der Waals surface area contributed by atoms with Crippen molar-refractivity contribution in [1.82, 2.24) is 0 Å². The van der Waals surface area contributed by atoms with E-state index in [1.54, 1.807) is 0 Å². The van der Waals surface area contributed by atoms with E-state index in [0.717, 1.165) is 0 Å². The van der Waals surface area contributed by atoms with Crippen LogP contribution in [0.3, 0.4) is 0 Å². The Morgan fingerprint density at radius 2 is 0.615 bits per heavy atom. The van der Waals surface area contributed by atoms with E-state index in [0.29, 0.717) is 0 Å². The third kappa shape index (κ3) is 3.77. The number of hydrogen-bond acceptors (Lipinski definition) is 0. The molecule has 0 heteroatoms. The quantitative estimate of drug-likeness (QED) is 0.162. The molecule has 0 radical (unpaired) electrons. The van der Waals surface area contributed by atoms with Crippen LogP contribution >= 0.6 is 0 Å². The largest absolute Gasteiger partial charge is 0.0614 e. The smallest absolute Gasteiger partial charge is 0.00172 e. The van der Waals surface area contributed by atoms with E-state index in [-0.39, 0.29) is 0 Å². The number of rotatable bonds is 2. The highest BCUT2D eigenvalue weighted by atomic mass is 14.2. The zero-order valence-electron chi connectivity index (χ0n) is 30.5. The monoisotopic (exact) mass is 662 g/mol. The zero-order valence-corrected chi connectivity index (χ0v) is 30.5. The summed E-state index contributed by atoms with van der Waals surface area (Å²) in [6, 6.07) is 46.9. The van der Waals surface area contributed by atoms with Gasteiger partial charge in [-0.1, -0.05) is 97.1 Å². The number of hydrogen-bond donors (Lipinski definition) is 0. The number of fused-ring (bicyclic) bond motifs is 11. The Morgan fingerprint density at radius 1 is 0.250 bits per heavy atom. The van der Waals surface area contributed by atoms with Gasteiger partial charge in [0.1, 0.15) is 0 Å². The molecule has 0 aliphatic heterocycles. The van der Waals surface area contributed by atoms with Crippen molar-refractivity contribution in [3.63, 3.8) is 0 Å². The zero-order chi connectivity index (χ0) is 35.2. The lowest BCUT2D eigenvalue weighted by Crippen LogP contribution is -1.87. The summed E-state index contributed by atoms with van der Waals surface area (Å²) in [5.74, 6) is 0. The van der Waals surface area contributed by atoms with Crippen molar-refractivity contribution in [2.45, 2.75) is 41.5 Å². The highest BCUT2D eigenvalue weighted by molar-refractivity contribution is 6.40. The van der Waals surface area contributed by atoms with Crippen LogP contribution in [-0.2, 0) is 0 Å². The van der Waals surface area contributed by atoms with E-state index in [1.807, 2.05) is 0 Å². The van der Waals surface area contributed by atoms with Gasteiger partial charge in [0.2, 0.25) is 0 Å². The summed E-state index contributed by atoms with van der Waals surface area (Å²) in [5, 5.41) is 21.7. The van der Waals surface area contributed by atoms with E-state index >= 15 is 0 Å². The van der Waals surface area contributed by atoms with E-state index in [2.05, 4.69) is 163 Å². The lowest BCUT2D eigenvalue weighted by atomic mass is 9.89. The third-order valence-corrected chi connectivity index (χ3v) is 12.8. The average molecular weight is 663 g/mol. The van der Waals surface area contributed by atoms with Crippen molar-refractivity contribution in [1.29, 1.82) is 0 Å². The van der Waals surface area contributed by atoms with Gasteiger partial charge >= 0.3 is 0 Å². The summed E-state index contributed by atoms with van der Waals surface area (Å²) in [6.07, 6.45) is 0. The summed E-state index contributed by atoms with van der Waals surface area (Å²) in [6.45, 7) is 13.5. The molecule has 0 atom stereocenters. The Balaban J connectivity index is 1.29. The van der Waals surface area contributed by atoms with Gasteiger partial charge in [0.05, 0.1) is 0 Å². The van der Waals surface area contributed by atoms with Crippen LogP contribution in [0.4, 0.5) is 0 Å².